The van der Waals surface area contributed by atoms with E-state index in [2.05, 4.69) is 57.0 Å². The van der Waals surface area contributed by atoms with Crippen LogP contribution in [0.4, 0.5) is 0 Å². The van der Waals surface area contributed by atoms with Crippen LogP contribution in [0.25, 0.3) is 0 Å². The van der Waals surface area contributed by atoms with E-state index in [-0.39, 0.29) is 0 Å². The lowest BCUT2D eigenvalue weighted by atomic mass is 10.0. The number of rotatable bonds is 3. The molecule has 0 N–H and O–H groups in total. The van der Waals surface area contributed by atoms with Gasteiger partial charge < -0.3 is 0 Å². The topological polar surface area (TPSA) is 0 Å². The minimum atomic E-state index is 0.900. The molecule has 0 aliphatic carbocycles. The first-order valence-electron chi connectivity index (χ1n) is 5.47. The largest absolute Gasteiger partial charge is 0.115 e. The van der Waals surface area contributed by atoms with Crippen molar-refractivity contribution >= 4 is 0 Å². The van der Waals surface area contributed by atoms with Gasteiger partial charge >= 0.3 is 0 Å². The second kappa shape index (κ2) is 5.98. The molecule has 1 rings (SSSR count). The summed E-state index contributed by atoms with van der Waals surface area (Å²) in [4.78, 5) is 0. The molecule has 0 saturated carbocycles. The second-order valence-electron chi connectivity index (χ2n) is 4.27. The van der Waals surface area contributed by atoms with Crippen molar-refractivity contribution in [2.75, 3.05) is 0 Å². The highest BCUT2D eigenvalue weighted by Crippen LogP contribution is 2.12. The Hall–Kier alpha value is -1.74. The van der Waals surface area contributed by atoms with Gasteiger partial charge in [-0.3, -0.25) is 0 Å². The highest BCUT2D eigenvalue weighted by Gasteiger charge is 1.97. The van der Waals surface area contributed by atoms with Crippen molar-refractivity contribution in [2.24, 2.45) is 0 Å². The summed E-state index contributed by atoms with van der Waals surface area (Å²) >= 11 is 0. The first kappa shape index (κ1) is 12.3. The maximum Gasteiger partial charge on any atom is -0.00193 e. The zero-order valence-corrected chi connectivity index (χ0v) is 10.2. The van der Waals surface area contributed by atoms with Crippen molar-refractivity contribution < 1.29 is 0 Å². The molecular weight excluding hydrogens is 192 g/mol. The predicted molar refractivity (Wildman–Crippen MR) is 71.2 cm³/mol. The standard InChI is InChI=1S/C16H18/c1-5-7-15(10-13(2)3)12-16-9-6-8-14(4)11-16/h1,6-11H,12H2,2-4H3/b15-7+. The monoisotopic (exact) mass is 210 g/mol. The minimum absolute atomic E-state index is 0.900. The molecule has 0 saturated heterocycles. The Bertz CT molecular complexity index is 449. The number of allylic oxidation sites excluding steroid dienone is 4. The van der Waals surface area contributed by atoms with E-state index in [0.29, 0.717) is 0 Å². The van der Waals surface area contributed by atoms with Crippen molar-refractivity contribution in [3.05, 3.63) is 58.7 Å². The van der Waals surface area contributed by atoms with Gasteiger partial charge in [-0.2, -0.15) is 0 Å². The van der Waals surface area contributed by atoms with Gasteiger partial charge in [0, 0.05) is 0 Å². The minimum Gasteiger partial charge on any atom is -0.115 e. The lowest BCUT2D eigenvalue weighted by Gasteiger charge is -2.04. The molecule has 0 nitrogen and oxygen atoms in total. The Morgan fingerprint density at radius 3 is 2.69 bits per heavy atom. The van der Waals surface area contributed by atoms with E-state index in [1.807, 2.05) is 6.08 Å². The van der Waals surface area contributed by atoms with Gasteiger partial charge in [-0.25, -0.2) is 0 Å². The van der Waals surface area contributed by atoms with Crippen LogP contribution in [0.15, 0.2) is 47.6 Å². The summed E-state index contributed by atoms with van der Waals surface area (Å²) in [6.45, 7) is 6.27. The van der Waals surface area contributed by atoms with Crippen molar-refractivity contribution in [1.82, 2.24) is 0 Å². The van der Waals surface area contributed by atoms with E-state index in [1.165, 1.54) is 22.3 Å². The lowest BCUT2D eigenvalue weighted by Crippen LogP contribution is -1.89. The highest BCUT2D eigenvalue weighted by atomic mass is 14.0. The van der Waals surface area contributed by atoms with Crippen LogP contribution in [0, 0.1) is 19.3 Å². The summed E-state index contributed by atoms with van der Waals surface area (Å²) in [6.07, 6.45) is 10.2. The van der Waals surface area contributed by atoms with Crippen molar-refractivity contribution in [3.8, 4) is 12.3 Å². The summed E-state index contributed by atoms with van der Waals surface area (Å²) in [5.74, 6) is 2.60. The Morgan fingerprint density at radius 2 is 2.12 bits per heavy atom. The lowest BCUT2D eigenvalue weighted by molar-refractivity contribution is 1.17. The zero-order valence-electron chi connectivity index (χ0n) is 10.2. The predicted octanol–water partition coefficient (Wildman–Crippen LogP) is 4.06. The number of benzene rings is 1. The molecule has 0 amide bonds. The smallest absolute Gasteiger partial charge is 0.00193 e. The molecular formula is C16H18. The quantitative estimate of drug-likeness (QED) is 0.521. The molecule has 16 heavy (non-hydrogen) atoms. The van der Waals surface area contributed by atoms with Gasteiger partial charge in [0.1, 0.15) is 0 Å². The molecule has 0 atom stereocenters. The maximum absolute atomic E-state index is 5.33. The third-order valence-corrected chi connectivity index (χ3v) is 2.23. The molecule has 0 radical (unpaired) electrons. The van der Waals surface area contributed by atoms with Crippen LogP contribution in [-0.4, -0.2) is 0 Å². The van der Waals surface area contributed by atoms with Gasteiger partial charge in [0.15, 0.2) is 0 Å². The van der Waals surface area contributed by atoms with Crippen molar-refractivity contribution in [2.45, 2.75) is 27.2 Å². The number of terminal acetylenes is 1. The van der Waals surface area contributed by atoms with E-state index >= 15 is 0 Å². The molecule has 0 aromatic heterocycles. The maximum atomic E-state index is 5.33. The summed E-state index contributed by atoms with van der Waals surface area (Å²) < 4.78 is 0. The second-order valence-corrected chi connectivity index (χ2v) is 4.27. The summed E-state index contributed by atoms with van der Waals surface area (Å²) in [6, 6.07) is 8.52. The fraction of sp³-hybridized carbons (Fsp3) is 0.250. The number of hydrogen-bond acceptors (Lipinski definition) is 0. The molecule has 0 heterocycles. The third kappa shape index (κ3) is 4.19. The fourth-order valence-corrected chi connectivity index (χ4v) is 1.68. The molecule has 0 spiro atoms. The van der Waals surface area contributed by atoms with Crippen molar-refractivity contribution in [3.63, 3.8) is 0 Å². The van der Waals surface area contributed by atoms with Gasteiger partial charge in [-0.1, -0.05) is 47.4 Å². The van der Waals surface area contributed by atoms with E-state index in [0.717, 1.165) is 6.42 Å². The molecule has 0 aliphatic rings. The van der Waals surface area contributed by atoms with Crippen molar-refractivity contribution in [1.29, 1.82) is 0 Å². The first-order chi connectivity index (χ1) is 7.61. The van der Waals surface area contributed by atoms with Crippen LogP contribution in [0.2, 0.25) is 0 Å². The zero-order chi connectivity index (χ0) is 12.0. The first-order valence-corrected chi connectivity index (χ1v) is 5.47. The SMILES string of the molecule is C#C/C=C(\C=C(C)C)Cc1cccc(C)c1. The summed E-state index contributed by atoms with van der Waals surface area (Å²) in [5.41, 5.74) is 5.05. The van der Waals surface area contributed by atoms with E-state index < -0.39 is 0 Å². The van der Waals surface area contributed by atoms with Gasteiger partial charge in [-0.15, -0.1) is 6.42 Å². The average Bonchev–Trinajstić information content (AvgIpc) is 2.16. The van der Waals surface area contributed by atoms with Crippen LogP contribution >= 0.6 is 0 Å². The Kier molecular flexibility index (Phi) is 4.61. The van der Waals surface area contributed by atoms with E-state index in [9.17, 15) is 0 Å². The van der Waals surface area contributed by atoms with Gasteiger partial charge in [-0.05, 0) is 44.4 Å². The van der Waals surface area contributed by atoms with E-state index in [1.54, 1.807) is 0 Å². The third-order valence-electron chi connectivity index (χ3n) is 2.23. The van der Waals surface area contributed by atoms with Gasteiger partial charge in [0.2, 0.25) is 0 Å². The summed E-state index contributed by atoms with van der Waals surface area (Å²) in [7, 11) is 0. The molecule has 1 aromatic rings. The number of hydrogen-bond donors (Lipinski definition) is 0. The molecule has 1 aromatic carbocycles. The molecule has 0 heteroatoms. The highest BCUT2D eigenvalue weighted by molar-refractivity contribution is 5.35. The Balaban J connectivity index is 2.90. The van der Waals surface area contributed by atoms with E-state index in [4.69, 9.17) is 6.42 Å². The van der Waals surface area contributed by atoms with Crippen LogP contribution in [0.5, 0.6) is 0 Å². The average molecular weight is 210 g/mol. The number of aryl methyl sites for hydroxylation is 1. The Morgan fingerprint density at radius 1 is 1.38 bits per heavy atom. The van der Waals surface area contributed by atoms with Crippen LogP contribution < -0.4 is 0 Å². The summed E-state index contributed by atoms with van der Waals surface area (Å²) in [5, 5.41) is 0. The van der Waals surface area contributed by atoms with Gasteiger partial charge in [0.25, 0.3) is 0 Å². The van der Waals surface area contributed by atoms with Crippen LogP contribution in [-0.2, 0) is 6.42 Å². The normalized spacial score (nSPS) is 10.8. The van der Waals surface area contributed by atoms with Crippen LogP contribution in [0.1, 0.15) is 25.0 Å². The van der Waals surface area contributed by atoms with Crippen LogP contribution in [0.3, 0.4) is 0 Å². The molecule has 0 bridgehead atoms. The molecule has 82 valence electrons. The Labute approximate surface area is 98.7 Å². The molecule has 0 aliphatic heterocycles. The molecule has 0 unspecified atom stereocenters. The molecule has 0 fully saturated rings. The van der Waals surface area contributed by atoms with Gasteiger partial charge in [0.05, 0.1) is 0 Å². The fourth-order valence-electron chi connectivity index (χ4n) is 1.68.